The fourth-order valence-corrected chi connectivity index (χ4v) is 3.71. The molecule has 0 radical (unpaired) electrons. The molecule has 0 aliphatic carbocycles. The molecule has 2 rings (SSSR count). The van der Waals surface area contributed by atoms with Gasteiger partial charge in [-0.05, 0) is 50.1 Å². The van der Waals surface area contributed by atoms with Gasteiger partial charge < -0.3 is 14.8 Å². The fraction of sp³-hybridized carbons (Fsp3) is 0.381. The van der Waals surface area contributed by atoms with Crippen LogP contribution in [0.15, 0.2) is 47.4 Å². The quantitative estimate of drug-likeness (QED) is 0.545. The van der Waals surface area contributed by atoms with Crippen LogP contribution in [0.25, 0.3) is 0 Å². The summed E-state index contributed by atoms with van der Waals surface area (Å²) in [5.74, 6) is 1.16. The highest BCUT2D eigenvalue weighted by Gasteiger charge is 2.13. The number of hydrogen-bond donors (Lipinski definition) is 2. The lowest BCUT2D eigenvalue weighted by molar-refractivity contribution is -0.121. The Morgan fingerprint density at radius 3 is 2.41 bits per heavy atom. The van der Waals surface area contributed by atoms with E-state index in [1.54, 1.807) is 31.4 Å². The summed E-state index contributed by atoms with van der Waals surface area (Å²) in [4.78, 5) is 12.2. The number of ether oxygens (including phenoxy) is 2. The Kier molecular flexibility index (Phi) is 8.48. The molecule has 0 unspecified atom stereocenters. The number of methoxy groups -OCH3 is 1. The van der Waals surface area contributed by atoms with E-state index in [0.717, 1.165) is 11.1 Å². The summed E-state index contributed by atoms with van der Waals surface area (Å²) in [5, 5.41) is 2.72. The van der Waals surface area contributed by atoms with Crippen LogP contribution in [0.4, 0.5) is 0 Å². The number of amides is 1. The molecule has 2 aromatic carbocycles. The molecule has 2 aromatic rings. The zero-order chi connectivity index (χ0) is 21.3. The Balaban J connectivity index is 1.75. The minimum absolute atomic E-state index is 0.124. The van der Waals surface area contributed by atoms with Gasteiger partial charge in [0.25, 0.3) is 0 Å². The number of benzene rings is 2. The Hall–Kier alpha value is -2.58. The first-order chi connectivity index (χ1) is 13.9. The molecule has 0 aliphatic rings. The monoisotopic (exact) mass is 420 g/mol. The third kappa shape index (κ3) is 7.07. The summed E-state index contributed by atoms with van der Waals surface area (Å²) in [6.07, 6.45) is 0.839. The molecule has 158 valence electrons. The molecule has 0 spiro atoms. The number of aryl methyl sites for hydroxylation is 2. The average Bonchev–Trinajstić information content (AvgIpc) is 2.71. The molecule has 0 aliphatic heterocycles. The maximum absolute atomic E-state index is 12.2. The van der Waals surface area contributed by atoms with Crippen LogP contribution in [-0.2, 0) is 21.2 Å². The molecule has 0 heterocycles. The van der Waals surface area contributed by atoms with Gasteiger partial charge in [-0.2, -0.15) is 0 Å². The molecular formula is C21H28N2O5S. The Labute approximate surface area is 172 Å². The van der Waals surface area contributed by atoms with E-state index >= 15 is 0 Å². The Bertz CT molecular complexity index is 911. The van der Waals surface area contributed by atoms with E-state index in [4.69, 9.17) is 9.47 Å². The molecule has 0 fully saturated rings. The first-order valence-corrected chi connectivity index (χ1v) is 11.0. The van der Waals surface area contributed by atoms with Crippen molar-refractivity contribution in [2.75, 3.05) is 26.8 Å². The molecule has 0 saturated heterocycles. The van der Waals surface area contributed by atoms with Crippen LogP contribution in [0.2, 0.25) is 0 Å². The van der Waals surface area contributed by atoms with Gasteiger partial charge in [-0.3, -0.25) is 4.79 Å². The van der Waals surface area contributed by atoms with E-state index in [0.29, 0.717) is 30.9 Å². The highest BCUT2D eigenvalue weighted by Crippen LogP contribution is 2.28. The highest BCUT2D eigenvalue weighted by atomic mass is 32.2. The third-order valence-corrected chi connectivity index (χ3v) is 5.72. The third-order valence-electron chi connectivity index (χ3n) is 4.24. The lowest BCUT2D eigenvalue weighted by Gasteiger charge is -2.11. The van der Waals surface area contributed by atoms with Gasteiger partial charge in [-0.1, -0.05) is 23.8 Å². The van der Waals surface area contributed by atoms with Crippen molar-refractivity contribution in [2.24, 2.45) is 0 Å². The van der Waals surface area contributed by atoms with Crippen molar-refractivity contribution >= 4 is 15.9 Å². The van der Waals surface area contributed by atoms with E-state index in [-0.39, 0.29) is 23.9 Å². The predicted molar refractivity (Wildman–Crippen MR) is 112 cm³/mol. The lowest BCUT2D eigenvalue weighted by Crippen LogP contribution is -2.34. The van der Waals surface area contributed by atoms with Crippen molar-refractivity contribution in [3.63, 3.8) is 0 Å². The van der Waals surface area contributed by atoms with Gasteiger partial charge in [0.1, 0.15) is 0 Å². The van der Waals surface area contributed by atoms with Crippen molar-refractivity contribution in [1.82, 2.24) is 10.0 Å². The smallest absolute Gasteiger partial charge is 0.240 e. The largest absolute Gasteiger partial charge is 0.493 e. The van der Waals surface area contributed by atoms with Crippen LogP contribution in [0.3, 0.4) is 0 Å². The minimum Gasteiger partial charge on any atom is -0.493 e. The summed E-state index contributed by atoms with van der Waals surface area (Å²) in [6.45, 7) is 4.68. The second kappa shape index (κ2) is 10.8. The van der Waals surface area contributed by atoms with Crippen LogP contribution >= 0.6 is 0 Å². The maximum Gasteiger partial charge on any atom is 0.240 e. The summed E-state index contributed by atoms with van der Waals surface area (Å²) < 4.78 is 37.6. The van der Waals surface area contributed by atoms with E-state index in [1.807, 2.05) is 32.0 Å². The van der Waals surface area contributed by atoms with Crippen LogP contribution in [0.1, 0.15) is 24.5 Å². The number of carbonyl (C=O) groups is 1. The molecule has 8 heteroatoms. The number of carbonyl (C=O) groups excluding carboxylic acids is 1. The lowest BCUT2D eigenvalue weighted by atomic mass is 10.1. The zero-order valence-electron chi connectivity index (χ0n) is 17.0. The van der Waals surface area contributed by atoms with Crippen molar-refractivity contribution in [3.05, 3.63) is 53.6 Å². The summed E-state index contributed by atoms with van der Waals surface area (Å²) in [7, 11) is -2.00. The van der Waals surface area contributed by atoms with Crippen LogP contribution in [0, 0.1) is 6.92 Å². The van der Waals surface area contributed by atoms with Gasteiger partial charge in [0.05, 0.1) is 18.6 Å². The summed E-state index contributed by atoms with van der Waals surface area (Å²) >= 11 is 0. The van der Waals surface area contributed by atoms with E-state index in [1.165, 1.54) is 0 Å². The molecule has 0 atom stereocenters. The molecule has 0 saturated carbocycles. The van der Waals surface area contributed by atoms with Gasteiger partial charge in [0.2, 0.25) is 15.9 Å². The van der Waals surface area contributed by atoms with Gasteiger partial charge >= 0.3 is 0 Å². The normalized spacial score (nSPS) is 11.1. The fourth-order valence-electron chi connectivity index (χ4n) is 2.68. The molecular weight excluding hydrogens is 392 g/mol. The van der Waals surface area contributed by atoms with Gasteiger partial charge in [0, 0.05) is 19.5 Å². The van der Waals surface area contributed by atoms with Crippen molar-refractivity contribution in [1.29, 1.82) is 0 Å². The molecule has 7 nitrogen and oxygen atoms in total. The van der Waals surface area contributed by atoms with Crippen molar-refractivity contribution in [3.8, 4) is 11.5 Å². The molecule has 0 bridgehead atoms. The second-order valence-corrected chi connectivity index (χ2v) is 8.25. The van der Waals surface area contributed by atoms with Gasteiger partial charge in [-0.15, -0.1) is 0 Å². The first kappa shape index (κ1) is 22.7. The Morgan fingerprint density at radius 1 is 1.03 bits per heavy atom. The van der Waals surface area contributed by atoms with Crippen LogP contribution in [-0.4, -0.2) is 41.1 Å². The first-order valence-electron chi connectivity index (χ1n) is 9.48. The average molecular weight is 421 g/mol. The highest BCUT2D eigenvalue weighted by molar-refractivity contribution is 7.89. The molecule has 2 N–H and O–H groups in total. The Morgan fingerprint density at radius 2 is 1.76 bits per heavy atom. The SMILES string of the molecule is CCOc1ccc(CCC(=O)NCCNS(=O)(=O)c2ccc(C)cc2)cc1OC. The van der Waals surface area contributed by atoms with Crippen molar-refractivity contribution in [2.45, 2.75) is 31.6 Å². The van der Waals surface area contributed by atoms with E-state index in [2.05, 4.69) is 10.0 Å². The molecule has 29 heavy (non-hydrogen) atoms. The zero-order valence-corrected chi connectivity index (χ0v) is 17.8. The predicted octanol–water partition coefficient (Wildman–Crippen LogP) is 2.43. The maximum atomic E-state index is 12.2. The van der Waals surface area contributed by atoms with Gasteiger partial charge in [0.15, 0.2) is 11.5 Å². The van der Waals surface area contributed by atoms with E-state index in [9.17, 15) is 13.2 Å². The van der Waals surface area contributed by atoms with Gasteiger partial charge in [-0.25, -0.2) is 13.1 Å². The minimum atomic E-state index is -3.57. The van der Waals surface area contributed by atoms with E-state index < -0.39 is 10.0 Å². The number of rotatable bonds is 11. The number of nitrogens with one attached hydrogen (secondary N) is 2. The molecule has 0 aromatic heterocycles. The number of hydrogen-bond acceptors (Lipinski definition) is 5. The summed E-state index contributed by atoms with van der Waals surface area (Å²) in [5.41, 5.74) is 1.95. The number of sulfonamides is 1. The molecule has 1 amide bonds. The summed E-state index contributed by atoms with van der Waals surface area (Å²) in [6, 6.07) is 12.2. The van der Waals surface area contributed by atoms with Crippen LogP contribution < -0.4 is 19.5 Å². The topological polar surface area (TPSA) is 93.7 Å². The standard InChI is InChI=1S/C21H28N2O5S/c1-4-28-19-11-7-17(15-20(19)27-3)8-12-21(24)22-13-14-23-29(25,26)18-9-5-16(2)6-10-18/h5-7,9-11,15,23H,4,8,12-14H2,1-3H3,(H,22,24). The van der Waals surface area contributed by atoms with Crippen LogP contribution in [0.5, 0.6) is 11.5 Å². The van der Waals surface area contributed by atoms with Crippen molar-refractivity contribution < 1.29 is 22.7 Å². The second-order valence-electron chi connectivity index (χ2n) is 6.48.